The molecule has 0 atom stereocenters. The summed E-state index contributed by atoms with van der Waals surface area (Å²) in [7, 11) is 0. The third-order valence-electron chi connectivity index (χ3n) is 5.23. The van der Waals surface area contributed by atoms with Gasteiger partial charge in [0.2, 0.25) is 5.91 Å². The van der Waals surface area contributed by atoms with Gasteiger partial charge in [-0.15, -0.1) is 0 Å². The number of hydrogen-bond donors (Lipinski definition) is 1. The smallest absolute Gasteiger partial charge is 0.306 e. The number of halogens is 4. The van der Waals surface area contributed by atoms with Gasteiger partial charge in [0.25, 0.3) is 0 Å². The van der Waals surface area contributed by atoms with Crippen LogP contribution in [0.4, 0.5) is 19.0 Å². The molecule has 0 fully saturated rings. The molecule has 1 N–H and O–H groups in total. The van der Waals surface area contributed by atoms with Gasteiger partial charge in [-0.2, -0.15) is 23.4 Å². The third-order valence-corrected chi connectivity index (χ3v) is 5.51. The van der Waals surface area contributed by atoms with Crippen LogP contribution in [0.25, 0.3) is 0 Å². The van der Waals surface area contributed by atoms with Crippen molar-refractivity contribution in [2.24, 2.45) is 0 Å². The van der Waals surface area contributed by atoms with Crippen LogP contribution in [0.15, 0.2) is 36.5 Å². The highest BCUT2D eigenvalue weighted by atomic mass is 35.5. The summed E-state index contributed by atoms with van der Waals surface area (Å²) in [4.78, 5) is 12.6. The van der Waals surface area contributed by atoms with Crippen molar-refractivity contribution in [2.45, 2.75) is 51.4 Å². The first-order valence-corrected chi connectivity index (χ1v) is 10.4. The molecule has 31 heavy (non-hydrogen) atoms. The molecular formula is C21H21ClF3N5O. The van der Waals surface area contributed by atoms with Crippen LogP contribution in [-0.4, -0.2) is 25.5 Å². The standard InChI is InChI=1S/C21H21ClF3N5O/c22-16-12-29(11-14-7-3-1-4-8-14)28-20(16)26-18(31)13-30-17-10-6-2-5-9-15(17)19(27-30)21(23,24)25/h1,3-4,7-8,12H,2,5-6,9-11,13H2,(H,26,28,31). The molecule has 1 amide bonds. The average molecular weight is 452 g/mol. The van der Waals surface area contributed by atoms with Crippen molar-refractivity contribution < 1.29 is 18.0 Å². The first kappa shape index (κ1) is 21.4. The van der Waals surface area contributed by atoms with Gasteiger partial charge < -0.3 is 5.32 Å². The molecule has 1 aromatic carbocycles. The molecule has 6 nitrogen and oxygen atoms in total. The lowest BCUT2D eigenvalue weighted by Crippen LogP contribution is -2.22. The van der Waals surface area contributed by atoms with Gasteiger partial charge in [0.15, 0.2) is 11.5 Å². The first-order chi connectivity index (χ1) is 14.8. The highest BCUT2D eigenvalue weighted by Gasteiger charge is 2.39. The minimum Gasteiger partial charge on any atom is -0.306 e. The fourth-order valence-corrected chi connectivity index (χ4v) is 4.04. The second-order valence-electron chi connectivity index (χ2n) is 7.55. The van der Waals surface area contributed by atoms with Crippen LogP contribution in [0, 0.1) is 0 Å². The summed E-state index contributed by atoms with van der Waals surface area (Å²) < 4.78 is 43.1. The van der Waals surface area contributed by atoms with Crippen LogP contribution >= 0.6 is 11.6 Å². The van der Waals surface area contributed by atoms with Crippen LogP contribution in [-0.2, 0) is 36.9 Å². The quantitative estimate of drug-likeness (QED) is 0.571. The van der Waals surface area contributed by atoms with Crippen LogP contribution in [0.2, 0.25) is 5.02 Å². The van der Waals surface area contributed by atoms with E-state index in [9.17, 15) is 18.0 Å². The number of nitrogens with one attached hydrogen (secondary N) is 1. The molecule has 2 aromatic heterocycles. The molecule has 0 unspecified atom stereocenters. The molecule has 0 radical (unpaired) electrons. The highest BCUT2D eigenvalue weighted by Crippen LogP contribution is 2.35. The van der Waals surface area contributed by atoms with E-state index in [0.717, 1.165) is 18.4 Å². The van der Waals surface area contributed by atoms with Crippen LogP contribution in [0.5, 0.6) is 0 Å². The molecule has 164 valence electrons. The van der Waals surface area contributed by atoms with Crippen LogP contribution in [0.3, 0.4) is 0 Å². The maximum atomic E-state index is 13.4. The number of hydrogen-bond acceptors (Lipinski definition) is 3. The lowest BCUT2D eigenvalue weighted by Gasteiger charge is -2.07. The minimum atomic E-state index is -4.55. The minimum absolute atomic E-state index is 0.164. The Bertz CT molecular complexity index is 1070. The normalized spacial score (nSPS) is 14.2. The second-order valence-corrected chi connectivity index (χ2v) is 7.95. The molecule has 0 bridgehead atoms. The SMILES string of the molecule is O=C(Cn1nc(C(F)(F)F)c2c1CCCCC2)Nc1nn(Cc2ccccc2)cc1Cl. The zero-order valence-electron chi connectivity index (χ0n) is 16.6. The van der Waals surface area contributed by atoms with Crippen molar-refractivity contribution >= 4 is 23.3 Å². The molecule has 0 aliphatic heterocycles. The molecule has 4 rings (SSSR count). The Labute approximate surface area is 182 Å². The van der Waals surface area contributed by atoms with E-state index < -0.39 is 17.8 Å². The van der Waals surface area contributed by atoms with Crippen molar-refractivity contribution in [2.75, 3.05) is 5.32 Å². The topological polar surface area (TPSA) is 64.7 Å². The lowest BCUT2D eigenvalue weighted by molar-refractivity contribution is -0.142. The molecule has 3 aromatic rings. The molecule has 0 saturated heterocycles. The first-order valence-electron chi connectivity index (χ1n) is 10.0. The summed E-state index contributed by atoms with van der Waals surface area (Å²) in [6.45, 7) is 0.137. The van der Waals surface area contributed by atoms with Gasteiger partial charge in [0.05, 0.1) is 6.54 Å². The number of nitrogens with zero attached hydrogens (tertiary/aromatic N) is 4. The molecule has 1 aliphatic carbocycles. The van der Waals surface area contributed by atoms with E-state index in [0.29, 0.717) is 31.5 Å². The largest absolute Gasteiger partial charge is 0.435 e. The number of alkyl halides is 3. The predicted molar refractivity (Wildman–Crippen MR) is 110 cm³/mol. The van der Waals surface area contributed by atoms with Crippen molar-refractivity contribution in [3.63, 3.8) is 0 Å². The Morgan fingerprint density at radius 1 is 1.10 bits per heavy atom. The second kappa shape index (κ2) is 8.74. The summed E-state index contributed by atoms with van der Waals surface area (Å²) in [5.74, 6) is -0.368. The molecule has 0 spiro atoms. The molecular weight excluding hydrogens is 431 g/mol. The van der Waals surface area contributed by atoms with Crippen LogP contribution in [0.1, 0.15) is 41.8 Å². The monoisotopic (exact) mass is 451 g/mol. The van der Waals surface area contributed by atoms with E-state index in [2.05, 4.69) is 15.5 Å². The van der Waals surface area contributed by atoms with E-state index in [1.807, 2.05) is 30.3 Å². The van der Waals surface area contributed by atoms with E-state index >= 15 is 0 Å². The molecule has 0 saturated carbocycles. The number of rotatable bonds is 5. The number of anilines is 1. The number of carbonyl (C=O) groups is 1. The number of fused-ring (bicyclic) bond motifs is 1. The maximum absolute atomic E-state index is 13.4. The van der Waals surface area contributed by atoms with Crippen LogP contribution < -0.4 is 5.32 Å². The third kappa shape index (κ3) is 4.92. The summed E-state index contributed by atoms with van der Waals surface area (Å²) in [6, 6.07) is 9.60. The predicted octanol–water partition coefficient (Wildman–Crippen LogP) is 4.71. The van der Waals surface area contributed by atoms with E-state index in [1.54, 1.807) is 10.9 Å². The Hall–Kier alpha value is -2.81. The molecule has 2 heterocycles. The van der Waals surface area contributed by atoms with Gasteiger partial charge in [0, 0.05) is 17.5 Å². The van der Waals surface area contributed by atoms with E-state index in [1.165, 1.54) is 4.68 Å². The van der Waals surface area contributed by atoms with Crippen molar-refractivity contribution in [1.82, 2.24) is 19.6 Å². The van der Waals surface area contributed by atoms with Crippen molar-refractivity contribution in [3.05, 3.63) is 64.1 Å². The summed E-state index contributed by atoms with van der Waals surface area (Å²) in [6.07, 6.45) is 0.142. The fourth-order valence-electron chi connectivity index (χ4n) is 3.85. The van der Waals surface area contributed by atoms with Gasteiger partial charge in [-0.25, -0.2) is 0 Å². The lowest BCUT2D eigenvalue weighted by atomic mass is 10.1. The molecule has 1 aliphatic rings. The van der Waals surface area contributed by atoms with Gasteiger partial charge in [-0.1, -0.05) is 48.4 Å². The highest BCUT2D eigenvalue weighted by molar-refractivity contribution is 6.33. The van der Waals surface area contributed by atoms with Crippen molar-refractivity contribution in [1.29, 1.82) is 0 Å². The fraction of sp³-hybridized carbons (Fsp3) is 0.381. The van der Waals surface area contributed by atoms with Gasteiger partial charge in [0.1, 0.15) is 11.6 Å². The average Bonchev–Trinajstić information content (AvgIpc) is 3.11. The van der Waals surface area contributed by atoms with E-state index in [4.69, 9.17) is 11.6 Å². The Morgan fingerprint density at radius 2 is 1.84 bits per heavy atom. The zero-order chi connectivity index (χ0) is 22.0. The summed E-state index contributed by atoms with van der Waals surface area (Å²) >= 11 is 6.19. The van der Waals surface area contributed by atoms with Gasteiger partial charge in [-0.05, 0) is 31.2 Å². The number of aromatic nitrogens is 4. The van der Waals surface area contributed by atoms with Crippen molar-refractivity contribution in [3.8, 4) is 0 Å². The zero-order valence-corrected chi connectivity index (χ0v) is 17.4. The maximum Gasteiger partial charge on any atom is 0.435 e. The Morgan fingerprint density at radius 3 is 2.58 bits per heavy atom. The summed E-state index contributed by atoms with van der Waals surface area (Å²) in [5, 5.41) is 10.9. The Balaban J connectivity index is 1.50. The number of amides is 1. The van der Waals surface area contributed by atoms with Gasteiger partial charge >= 0.3 is 6.18 Å². The van der Waals surface area contributed by atoms with Gasteiger partial charge in [-0.3, -0.25) is 14.2 Å². The molecule has 10 heteroatoms. The number of carbonyl (C=O) groups excluding carboxylic acids is 1. The van der Waals surface area contributed by atoms with E-state index in [-0.39, 0.29) is 22.9 Å². The summed E-state index contributed by atoms with van der Waals surface area (Å²) in [5.41, 5.74) is 0.824. The number of benzene rings is 1. The Kier molecular flexibility index (Phi) is 6.04.